The minimum absolute atomic E-state index is 0.0875. The maximum atomic E-state index is 12.0. The largest absolute Gasteiger partial charge is 0.448 e. The van der Waals surface area contributed by atoms with Gasteiger partial charge < -0.3 is 14.8 Å². The second kappa shape index (κ2) is 7.40. The first-order chi connectivity index (χ1) is 9.70. The van der Waals surface area contributed by atoms with Gasteiger partial charge in [0.2, 0.25) is 0 Å². The zero-order valence-corrected chi connectivity index (χ0v) is 12.3. The van der Waals surface area contributed by atoms with Crippen LogP contribution in [0, 0.1) is 0 Å². The number of hydrogen-bond acceptors (Lipinski definition) is 5. The van der Waals surface area contributed by atoms with E-state index >= 15 is 0 Å². The van der Waals surface area contributed by atoms with Crippen molar-refractivity contribution in [2.75, 3.05) is 13.2 Å². The number of rotatable bonds is 6. The quantitative estimate of drug-likeness (QED) is 0.815. The van der Waals surface area contributed by atoms with Gasteiger partial charge in [-0.15, -0.1) is 11.3 Å². The lowest BCUT2D eigenvalue weighted by atomic mass is 10.2. The molecule has 5 nitrogen and oxygen atoms in total. The smallest absolute Gasteiger partial charge is 0.349 e. The van der Waals surface area contributed by atoms with Gasteiger partial charge in [0.1, 0.15) is 4.88 Å². The van der Waals surface area contributed by atoms with Gasteiger partial charge in [-0.25, -0.2) is 4.79 Å². The van der Waals surface area contributed by atoms with E-state index in [0.29, 0.717) is 17.8 Å². The maximum absolute atomic E-state index is 12.0. The lowest BCUT2D eigenvalue weighted by Crippen LogP contribution is -2.40. The zero-order chi connectivity index (χ0) is 14.4. The van der Waals surface area contributed by atoms with Crippen molar-refractivity contribution in [2.24, 2.45) is 0 Å². The average molecular weight is 297 g/mol. The van der Waals surface area contributed by atoms with E-state index in [1.165, 1.54) is 11.3 Å². The first kappa shape index (κ1) is 15.0. The fraction of sp³-hybridized carbons (Fsp3) is 0.571. The third kappa shape index (κ3) is 4.05. The average Bonchev–Trinajstić information content (AvgIpc) is 3.13. The summed E-state index contributed by atoms with van der Waals surface area (Å²) in [6.07, 6.45) is 1.79. The highest BCUT2D eigenvalue weighted by Gasteiger charge is 2.24. The SMILES string of the molecule is CCC(OC(=O)c1cccs1)C(=O)NCC1CCCO1. The van der Waals surface area contributed by atoms with E-state index in [4.69, 9.17) is 9.47 Å². The molecule has 0 aromatic carbocycles. The van der Waals surface area contributed by atoms with E-state index in [9.17, 15) is 9.59 Å². The number of hydrogen-bond donors (Lipinski definition) is 1. The van der Waals surface area contributed by atoms with E-state index in [1.54, 1.807) is 17.5 Å². The normalized spacial score (nSPS) is 19.6. The predicted molar refractivity (Wildman–Crippen MR) is 75.8 cm³/mol. The van der Waals surface area contributed by atoms with Crippen molar-refractivity contribution in [1.82, 2.24) is 5.32 Å². The molecule has 1 N–H and O–H groups in total. The van der Waals surface area contributed by atoms with E-state index in [-0.39, 0.29) is 12.0 Å². The van der Waals surface area contributed by atoms with Gasteiger partial charge in [0.25, 0.3) is 5.91 Å². The number of carbonyl (C=O) groups excluding carboxylic acids is 2. The molecule has 0 radical (unpaired) electrons. The van der Waals surface area contributed by atoms with Crippen LogP contribution >= 0.6 is 11.3 Å². The fourth-order valence-electron chi connectivity index (χ4n) is 2.04. The molecule has 6 heteroatoms. The summed E-state index contributed by atoms with van der Waals surface area (Å²) in [7, 11) is 0. The van der Waals surface area contributed by atoms with Crippen LogP contribution in [0.15, 0.2) is 17.5 Å². The molecule has 0 aliphatic carbocycles. The molecule has 1 aromatic rings. The fourth-order valence-corrected chi connectivity index (χ4v) is 2.64. The third-order valence-electron chi connectivity index (χ3n) is 3.16. The Balaban J connectivity index is 1.80. The lowest BCUT2D eigenvalue weighted by Gasteiger charge is -2.17. The summed E-state index contributed by atoms with van der Waals surface area (Å²) in [5.74, 6) is -0.702. The minimum Gasteiger partial charge on any atom is -0.448 e. The summed E-state index contributed by atoms with van der Waals surface area (Å²) in [4.78, 5) is 24.3. The predicted octanol–water partition coefficient (Wildman–Crippen LogP) is 1.98. The van der Waals surface area contributed by atoms with Crippen molar-refractivity contribution in [3.63, 3.8) is 0 Å². The van der Waals surface area contributed by atoms with Gasteiger partial charge in [-0.3, -0.25) is 4.79 Å². The number of esters is 1. The third-order valence-corrected chi connectivity index (χ3v) is 4.01. The van der Waals surface area contributed by atoms with Gasteiger partial charge in [-0.1, -0.05) is 13.0 Å². The second-order valence-corrected chi connectivity index (χ2v) is 5.61. The topological polar surface area (TPSA) is 64.6 Å². The Bertz CT molecular complexity index is 440. The summed E-state index contributed by atoms with van der Waals surface area (Å²) in [6.45, 7) is 3.05. The molecule has 1 aliphatic heterocycles. The highest BCUT2D eigenvalue weighted by atomic mass is 32.1. The molecule has 110 valence electrons. The highest BCUT2D eigenvalue weighted by Crippen LogP contribution is 2.13. The molecule has 1 aliphatic rings. The van der Waals surface area contributed by atoms with Crippen LogP contribution in [0.3, 0.4) is 0 Å². The second-order valence-electron chi connectivity index (χ2n) is 4.66. The summed E-state index contributed by atoms with van der Waals surface area (Å²) < 4.78 is 10.7. The Kier molecular flexibility index (Phi) is 5.55. The molecule has 1 aromatic heterocycles. The van der Waals surface area contributed by atoms with Crippen LogP contribution in [0.1, 0.15) is 35.9 Å². The van der Waals surface area contributed by atoms with E-state index in [2.05, 4.69) is 5.32 Å². The molecular weight excluding hydrogens is 278 g/mol. The van der Waals surface area contributed by atoms with Crippen molar-refractivity contribution in [2.45, 2.75) is 38.4 Å². The molecule has 1 saturated heterocycles. The Morgan fingerprint density at radius 1 is 1.60 bits per heavy atom. The molecule has 20 heavy (non-hydrogen) atoms. The van der Waals surface area contributed by atoms with Gasteiger partial charge in [-0.05, 0) is 30.7 Å². The van der Waals surface area contributed by atoms with Crippen LogP contribution < -0.4 is 5.32 Å². The van der Waals surface area contributed by atoms with Gasteiger partial charge in [-0.2, -0.15) is 0 Å². The Hall–Kier alpha value is -1.40. The van der Waals surface area contributed by atoms with Crippen LogP contribution in [0.4, 0.5) is 0 Å². The Labute approximate surface area is 122 Å². The van der Waals surface area contributed by atoms with Crippen LogP contribution in [0.2, 0.25) is 0 Å². The van der Waals surface area contributed by atoms with Crippen LogP contribution in [0.25, 0.3) is 0 Å². The van der Waals surface area contributed by atoms with E-state index in [1.807, 2.05) is 6.92 Å². The summed E-state index contributed by atoms with van der Waals surface area (Å²) in [5.41, 5.74) is 0. The summed E-state index contributed by atoms with van der Waals surface area (Å²) in [6, 6.07) is 3.46. The van der Waals surface area contributed by atoms with Crippen molar-refractivity contribution in [3.8, 4) is 0 Å². The first-order valence-corrected chi connectivity index (χ1v) is 7.72. The van der Waals surface area contributed by atoms with Crippen molar-refractivity contribution in [3.05, 3.63) is 22.4 Å². The van der Waals surface area contributed by atoms with Gasteiger partial charge in [0, 0.05) is 13.2 Å². The highest BCUT2D eigenvalue weighted by molar-refractivity contribution is 7.11. The van der Waals surface area contributed by atoms with Crippen LogP contribution in [0.5, 0.6) is 0 Å². The molecule has 2 rings (SSSR count). The minimum atomic E-state index is -0.744. The molecule has 2 atom stereocenters. The van der Waals surface area contributed by atoms with Gasteiger partial charge in [0.15, 0.2) is 6.10 Å². The Morgan fingerprint density at radius 3 is 3.05 bits per heavy atom. The molecule has 0 spiro atoms. The molecule has 2 heterocycles. The van der Waals surface area contributed by atoms with Crippen molar-refractivity contribution in [1.29, 1.82) is 0 Å². The molecule has 1 fully saturated rings. The molecule has 0 saturated carbocycles. The number of thiophene rings is 1. The monoisotopic (exact) mass is 297 g/mol. The number of carbonyl (C=O) groups is 2. The Morgan fingerprint density at radius 2 is 2.45 bits per heavy atom. The summed E-state index contributed by atoms with van der Waals surface area (Å²) in [5, 5.41) is 4.59. The van der Waals surface area contributed by atoms with Crippen LogP contribution in [-0.4, -0.2) is 37.2 Å². The van der Waals surface area contributed by atoms with Crippen molar-refractivity contribution >= 4 is 23.2 Å². The molecule has 2 unspecified atom stereocenters. The molecular formula is C14H19NO4S. The van der Waals surface area contributed by atoms with Crippen LogP contribution in [-0.2, 0) is 14.3 Å². The number of nitrogens with one attached hydrogen (secondary N) is 1. The van der Waals surface area contributed by atoms with Gasteiger partial charge >= 0.3 is 5.97 Å². The van der Waals surface area contributed by atoms with E-state index < -0.39 is 12.1 Å². The van der Waals surface area contributed by atoms with Gasteiger partial charge in [0.05, 0.1) is 6.10 Å². The van der Waals surface area contributed by atoms with E-state index in [0.717, 1.165) is 19.4 Å². The van der Waals surface area contributed by atoms with Crippen molar-refractivity contribution < 1.29 is 19.1 Å². The standard InChI is InChI=1S/C14H19NO4S/c1-2-11(19-14(17)12-6-4-8-20-12)13(16)15-9-10-5-3-7-18-10/h4,6,8,10-11H,2-3,5,7,9H2,1H3,(H,15,16). The number of ether oxygens (including phenoxy) is 2. The zero-order valence-electron chi connectivity index (χ0n) is 11.5. The maximum Gasteiger partial charge on any atom is 0.349 e. The molecule has 0 bridgehead atoms. The first-order valence-electron chi connectivity index (χ1n) is 6.84. The number of amides is 1. The summed E-state index contributed by atoms with van der Waals surface area (Å²) >= 11 is 1.30. The molecule has 1 amide bonds. The lowest BCUT2D eigenvalue weighted by molar-refractivity contribution is -0.130.